The van der Waals surface area contributed by atoms with Gasteiger partial charge in [0.1, 0.15) is 11.5 Å². The van der Waals surface area contributed by atoms with Crippen LogP contribution < -0.4 is 9.47 Å². The first-order chi connectivity index (χ1) is 9.91. The topological polar surface area (TPSA) is 35.5 Å². The number of carbonyl (C=O) groups is 1. The Labute approximate surface area is 118 Å². The highest BCUT2D eigenvalue weighted by molar-refractivity contribution is 5.92. The molecular formula is C15H11F3O3. The van der Waals surface area contributed by atoms with E-state index in [9.17, 15) is 18.0 Å². The van der Waals surface area contributed by atoms with Crippen molar-refractivity contribution in [3.63, 3.8) is 0 Å². The molecular weight excluding hydrogens is 285 g/mol. The molecule has 0 aliphatic heterocycles. The molecule has 0 aromatic heterocycles. The Morgan fingerprint density at radius 3 is 2.10 bits per heavy atom. The van der Waals surface area contributed by atoms with Crippen LogP contribution in [-0.4, -0.2) is 13.1 Å². The minimum atomic E-state index is -4.62. The molecule has 0 aliphatic carbocycles. The Balaban J connectivity index is 2.24. The summed E-state index contributed by atoms with van der Waals surface area (Å²) in [6.45, 7) is 0. The Morgan fingerprint density at radius 1 is 0.952 bits per heavy atom. The van der Waals surface area contributed by atoms with E-state index in [1.54, 1.807) is 0 Å². The lowest BCUT2D eigenvalue weighted by Crippen LogP contribution is -2.16. The van der Waals surface area contributed by atoms with Crippen molar-refractivity contribution >= 4 is 5.97 Å². The van der Waals surface area contributed by atoms with E-state index in [-0.39, 0.29) is 5.75 Å². The normalized spacial score (nSPS) is 11.0. The van der Waals surface area contributed by atoms with Gasteiger partial charge in [0.25, 0.3) is 0 Å². The second kappa shape index (κ2) is 5.87. The average Bonchev–Trinajstić information content (AvgIpc) is 2.47. The van der Waals surface area contributed by atoms with Gasteiger partial charge in [-0.1, -0.05) is 12.1 Å². The predicted molar refractivity (Wildman–Crippen MR) is 69.4 cm³/mol. The summed E-state index contributed by atoms with van der Waals surface area (Å²) in [7, 11) is 1.47. The van der Waals surface area contributed by atoms with Crippen LogP contribution in [0, 0.1) is 0 Å². The number of rotatable bonds is 3. The molecule has 0 amide bonds. The third-order valence-electron chi connectivity index (χ3n) is 2.72. The number of methoxy groups -OCH3 is 1. The monoisotopic (exact) mass is 296 g/mol. The molecule has 0 spiro atoms. The lowest BCUT2D eigenvalue weighted by atomic mass is 10.1. The van der Waals surface area contributed by atoms with Crippen molar-refractivity contribution in [2.45, 2.75) is 6.18 Å². The van der Waals surface area contributed by atoms with E-state index in [2.05, 4.69) is 0 Å². The van der Waals surface area contributed by atoms with Crippen LogP contribution in [0.15, 0.2) is 48.5 Å². The lowest BCUT2D eigenvalue weighted by Gasteiger charge is -2.12. The van der Waals surface area contributed by atoms with Gasteiger partial charge in [-0.3, -0.25) is 0 Å². The summed E-state index contributed by atoms with van der Waals surface area (Å²) in [5.41, 5.74) is -1.55. The van der Waals surface area contributed by atoms with Crippen molar-refractivity contribution in [2.24, 2.45) is 0 Å². The summed E-state index contributed by atoms with van der Waals surface area (Å²) < 4.78 is 48.3. The van der Waals surface area contributed by atoms with Gasteiger partial charge < -0.3 is 9.47 Å². The molecule has 0 radical (unpaired) electrons. The van der Waals surface area contributed by atoms with Crippen molar-refractivity contribution in [1.29, 1.82) is 0 Å². The largest absolute Gasteiger partial charge is 0.497 e. The maximum atomic E-state index is 12.8. The molecule has 6 heteroatoms. The zero-order chi connectivity index (χ0) is 15.5. The summed E-state index contributed by atoms with van der Waals surface area (Å²) in [6.07, 6.45) is -4.62. The first-order valence-electron chi connectivity index (χ1n) is 5.94. The number of hydrogen-bond acceptors (Lipinski definition) is 3. The van der Waals surface area contributed by atoms with Gasteiger partial charge in [0.15, 0.2) is 0 Å². The van der Waals surface area contributed by atoms with Gasteiger partial charge in [-0.25, -0.2) is 4.79 Å². The van der Waals surface area contributed by atoms with Gasteiger partial charge >= 0.3 is 12.1 Å². The maximum Gasteiger partial charge on any atom is 0.417 e. The van der Waals surface area contributed by atoms with Gasteiger partial charge in [-0.05, 0) is 36.4 Å². The van der Waals surface area contributed by atoms with Gasteiger partial charge in [0.2, 0.25) is 0 Å². The molecule has 110 valence electrons. The van der Waals surface area contributed by atoms with Gasteiger partial charge in [-0.15, -0.1) is 0 Å². The number of alkyl halides is 3. The molecule has 2 rings (SSSR count). The van der Waals surface area contributed by atoms with Crippen molar-refractivity contribution in [1.82, 2.24) is 0 Å². The van der Waals surface area contributed by atoms with Crippen molar-refractivity contribution in [2.75, 3.05) is 7.11 Å². The minimum Gasteiger partial charge on any atom is -0.497 e. The smallest absolute Gasteiger partial charge is 0.417 e. The van der Waals surface area contributed by atoms with Gasteiger partial charge in [0.05, 0.1) is 18.2 Å². The van der Waals surface area contributed by atoms with Crippen LogP contribution in [0.3, 0.4) is 0 Å². The maximum absolute atomic E-state index is 12.8. The number of halogens is 3. The molecule has 0 saturated heterocycles. The molecule has 3 nitrogen and oxygen atoms in total. The van der Waals surface area contributed by atoms with Gasteiger partial charge in [-0.2, -0.15) is 13.2 Å². The van der Waals surface area contributed by atoms with Crippen LogP contribution in [0.1, 0.15) is 15.9 Å². The molecule has 0 bridgehead atoms. The summed E-state index contributed by atoms with van der Waals surface area (Å²) >= 11 is 0. The van der Waals surface area contributed by atoms with Crippen molar-refractivity contribution < 1.29 is 27.4 Å². The lowest BCUT2D eigenvalue weighted by molar-refractivity contribution is -0.138. The number of carbonyl (C=O) groups excluding carboxylic acids is 1. The van der Waals surface area contributed by atoms with E-state index in [1.807, 2.05) is 0 Å². The Kier molecular flexibility index (Phi) is 4.16. The summed E-state index contributed by atoms with van der Waals surface area (Å²) in [5, 5.41) is 0. The highest BCUT2D eigenvalue weighted by Gasteiger charge is 2.35. The fourth-order valence-corrected chi connectivity index (χ4v) is 1.71. The number of benzene rings is 2. The highest BCUT2D eigenvalue weighted by atomic mass is 19.4. The first kappa shape index (κ1) is 14.9. The Hall–Kier alpha value is -2.50. The summed E-state index contributed by atoms with van der Waals surface area (Å²) in [4.78, 5) is 11.9. The standard InChI is InChI=1S/C15H11F3O3/c1-20-10-6-8-11(9-7-10)21-14(19)12-4-2-3-5-13(12)15(16,17)18/h2-9H,1H3. The number of ether oxygens (including phenoxy) is 2. The third-order valence-corrected chi connectivity index (χ3v) is 2.72. The average molecular weight is 296 g/mol. The molecule has 21 heavy (non-hydrogen) atoms. The zero-order valence-corrected chi connectivity index (χ0v) is 11.0. The Bertz CT molecular complexity index is 633. The second-order valence-corrected chi connectivity index (χ2v) is 4.11. The van der Waals surface area contributed by atoms with Crippen LogP contribution in [0.2, 0.25) is 0 Å². The molecule has 0 N–H and O–H groups in total. The summed E-state index contributed by atoms with van der Waals surface area (Å²) in [6, 6.07) is 10.4. The fraction of sp³-hybridized carbons (Fsp3) is 0.133. The van der Waals surface area contributed by atoms with Crippen LogP contribution in [-0.2, 0) is 6.18 Å². The molecule has 2 aromatic rings. The molecule has 2 aromatic carbocycles. The van der Waals surface area contributed by atoms with E-state index in [1.165, 1.54) is 43.5 Å². The Morgan fingerprint density at radius 2 is 1.52 bits per heavy atom. The van der Waals surface area contributed by atoms with Crippen LogP contribution in [0.25, 0.3) is 0 Å². The van der Waals surface area contributed by atoms with E-state index >= 15 is 0 Å². The summed E-state index contributed by atoms with van der Waals surface area (Å²) in [5.74, 6) is -0.378. The van der Waals surface area contributed by atoms with Crippen LogP contribution in [0.4, 0.5) is 13.2 Å². The second-order valence-electron chi connectivity index (χ2n) is 4.11. The molecule has 0 aliphatic rings. The molecule has 0 saturated carbocycles. The first-order valence-corrected chi connectivity index (χ1v) is 5.94. The number of esters is 1. The molecule has 0 unspecified atom stereocenters. The minimum absolute atomic E-state index is 0.137. The number of hydrogen-bond donors (Lipinski definition) is 0. The zero-order valence-electron chi connectivity index (χ0n) is 11.0. The molecule has 0 heterocycles. The quantitative estimate of drug-likeness (QED) is 0.636. The highest BCUT2D eigenvalue weighted by Crippen LogP contribution is 2.32. The third kappa shape index (κ3) is 3.53. The van der Waals surface area contributed by atoms with Crippen LogP contribution in [0.5, 0.6) is 11.5 Å². The van der Waals surface area contributed by atoms with E-state index in [4.69, 9.17) is 9.47 Å². The molecule has 0 atom stereocenters. The van der Waals surface area contributed by atoms with Crippen molar-refractivity contribution in [3.05, 3.63) is 59.7 Å². The van der Waals surface area contributed by atoms with Gasteiger partial charge in [0, 0.05) is 0 Å². The fourth-order valence-electron chi connectivity index (χ4n) is 1.71. The van der Waals surface area contributed by atoms with Crippen molar-refractivity contribution in [3.8, 4) is 11.5 Å². The SMILES string of the molecule is COc1ccc(OC(=O)c2ccccc2C(F)(F)F)cc1. The van der Waals surface area contributed by atoms with E-state index in [0.717, 1.165) is 12.1 Å². The van der Waals surface area contributed by atoms with E-state index in [0.29, 0.717) is 5.75 Å². The van der Waals surface area contributed by atoms with Crippen LogP contribution >= 0.6 is 0 Å². The van der Waals surface area contributed by atoms with E-state index < -0.39 is 23.3 Å². The predicted octanol–water partition coefficient (Wildman–Crippen LogP) is 3.93. The molecule has 0 fully saturated rings.